The van der Waals surface area contributed by atoms with Gasteiger partial charge in [0.1, 0.15) is 6.61 Å². The zero-order valence-electron chi connectivity index (χ0n) is 7.57. The Labute approximate surface area is 73.4 Å². The number of hydrogen-bond acceptors (Lipinski definition) is 3. The molecule has 71 valence electrons. The van der Waals surface area contributed by atoms with Crippen molar-refractivity contribution in [2.75, 3.05) is 46.4 Å². The van der Waals surface area contributed by atoms with Crippen LogP contribution >= 0.6 is 0 Å². The molecule has 1 fully saturated rings. The molecule has 1 saturated heterocycles. The number of nitrogens with zero attached hydrogens (tertiary/aromatic N) is 2. The molecule has 1 rings (SSSR count). The van der Waals surface area contributed by atoms with Gasteiger partial charge in [-0.05, 0) is 7.05 Å². The Morgan fingerprint density at radius 3 is 2.42 bits per heavy atom. The summed E-state index contributed by atoms with van der Waals surface area (Å²) in [7, 11) is 2.08. The highest BCUT2D eigenvalue weighted by Gasteiger charge is 2.16. The van der Waals surface area contributed by atoms with E-state index >= 15 is 0 Å². The fraction of sp³-hybridized carbons (Fsp3) is 1.00. The van der Waals surface area contributed by atoms with E-state index in [0.29, 0.717) is 6.54 Å². The summed E-state index contributed by atoms with van der Waals surface area (Å²) in [5.41, 5.74) is 0. The lowest BCUT2D eigenvalue weighted by atomic mass is 10.3. The van der Waals surface area contributed by atoms with Crippen molar-refractivity contribution in [3.8, 4) is 0 Å². The van der Waals surface area contributed by atoms with E-state index in [1.165, 1.54) is 0 Å². The monoisotopic (exact) mass is 173 g/mol. The number of aliphatic hydroxyl groups excluding tert-OH is 1. The topological polar surface area (TPSA) is 46.6 Å². The van der Waals surface area contributed by atoms with Crippen LogP contribution in [0, 0.1) is 0 Å². The Morgan fingerprint density at radius 2 is 1.92 bits per heavy atom. The van der Waals surface area contributed by atoms with Crippen molar-refractivity contribution in [1.82, 2.24) is 9.80 Å². The molecule has 1 N–H and O–H groups in total. The normalized spacial score (nSPS) is 24.2. The Kier molecular flexibility index (Phi) is 3.94. The molecule has 1 aliphatic rings. The van der Waals surface area contributed by atoms with E-state index in [-0.39, 0.29) is 6.61 Å². The molecule has 0 unspecified atom stereocenters. The third kappa shape index (κ3) is 3.06. The number of rotatable bonds is 3. The van der Waals surface area contributed by atoms with Gasteiger partial charge < -0.3 is 10.0 Å². The van der Waals surface area contributed by atoms with Gasteiger partial charge in [-0.25, -0.2) is 5.11 Å². The van der Waals surface area contributed by atoms with Gasteiger partial charge in [0, 0.05) is 32.7 Å². The van der Waals surface area contributed by atoms with Gasteiger partial charge in [0.25, 0.3) is 0 Å². The van der Waals surface area contributed by atoms with E-state index in [0.717, 1.165) is 26.2 Å². The fourth-order valence-corrected chi connectivity index (χ4v) is 1.38. The van der Waals surface area contributed by atoms with Crippen molar-refractivity contribution in [2.45, 2.75) is 6.10 Å². The number of β-amino-alcohol motifs (C(OH)–C–C–N with tert-alkyl or cyclic N) is 1. The SMILES string of the molecule is CN1CCN(C[C@H](O)C[O])CC1. The molecule has 4 nitrogen and oxygen atoms in total. The van der Waals surface area contributed by atoms with Gasteiger partial charge in [-0.15, -0.1) is 0 Å². The van der Waals surface area contributed by atoms with Crippen LogP contribution < -0.4 is 0 Å². The lowest BCUT2D eigenvalue weighted by Gasteiger charge is -2.33. The Bertz CT molecular complexity index is 124. The second kappa shape index (κ2) is 4.77. The lowest BCUT2D eigenvalue weighted by Crippen LogP contribution is -2.47. The standard InChI is InChI=1S/C8H17N2O2/c1-9-2-4-10(5-3-9)6-8(12)7-11/h8,12H,2-7H2,1H3/t8-/m0/s1. The van der Waals surface area contributed by atoms with E-state index in [1.807, 2.05) is 0 Å². The van der Waals surface area contributed by atoms with Crippen molar-refractivity contribution in [1.29, 1.82) is 0 Å². The fourth-order valence-electron chi connectivity index (χ4n) is 1.38. The van der Waals surface area contributed by atoms with Crippen LogP contribution in [0.5, 0.6) is 0 Å². The number of hydrogen-bond donors (Lipinski definition) is 1. The highest BCUT2D eigenvalue weighted by Crippen LogP contribution is 1.99. The summed E-state index contributed by atoms with van der Waals surface area (Å²) in [4.78, 5) is 4.39. The third-order valence-electron chi connectivity index (χ3n) is 2.26. The van der Waals surface area contributed by atoms with Gasteiger partial charge in [-0.1, -0.05) is 0 Å². The van der Waals surface area contributed by atoms with Crippen LogP contribution in [-0.2, 0) is 5.11 Å². The first-order valence-electron chi connectivity index (χ1n) is 4.39. The van der Waals surface area contributed by atoms with E-state index in [2.05, 4.69) is 16.8 Å². The molecule has 1 heterocycles. The quantitative estimate of drug-likeness (QED) is 0.597. The second-order valence-electron chi connectivity index (χ2n) is 3.42. The van der Waals surface area contributed by atoms with Crippen LogP contribution in [-0.4, -0.2) is 67.4 Å². The molecule has 0 aliphatic carbocycles. The molecule has 0 aromatic heterocycles. The van der Waals surface area contributed by atoms with E-state index in [1.54, 1.807) is 0 Å². The molecular formula is C8H17N2O2. The third-order valence-corrected chi connectivity index (χ3v) is 2.26. The lowest BCUT2D eigenvalue weighted by molar-refractivity contribution is 0.0196. The Hall–Kier alpha value is -0.160. The predicted octanol–water partition coefficient (Wildman–Crippen LogP) is -0.975. The van der Waals surface area contributed by atoms with E-state index in [4.69, 9.17) is 5.11 Å². The summed E-state index contributed by atoms with van der Waals surface area (Å²) in [6, 6.07) is 0. The summed E-state index contributed by atoms with van der Waals surface area (Å²) in [5.74, 6) is 0. The number of aliphatic hydroxyl groups is 1. The zero-order valence-corrected chi connectivity index (χ0v) is 7.57. The molecule has 1 radical (unpaired) electrons. The van der Waals surface area contributed by atoms with Crippen molar-refractivity contribution in [2.24, 2.45) is 0 Å². The summed E-state index contributed by atoms with van der Waals surface area (Å²) in [6.45, 7) is 4.15. The van der Waals surface area contributed by atoms with Crippen molar-refractivity contribution in [3.63, 3.8) is 0 Å². The largest absolute Gasteiger partial charge is 0.389 e. The average Bonchev–Trinajstić information content (AvgIpc) is 2.09. The molecule has 0 aromatic rings. The van der Waals surface area contributed by atoms with Crippen molar-refractivity contribution < 1.29 is 10.2 Å². The first kappa shape index (κ1) is 9.92. The van der Waals surface area contributed by atoms with Crippen molar-refractivity contribution >= 4 is 0 Å². The summed E-state index contributed by atoms with van der Waals surface area (Å²) in [6.07, 6.45) is -0.687. The summed E-state index contributed by atoms with van der Waals surface area (Å²) >= 11 is 0. The first-order valence-corrected chi connectivity index (χ1v) is 4.39. The maximum Gasteiger partial charge on any atom is 0.109 e. The summed E-state index contributed by atoms with van der Waals surface area (Å²) < 4.78 is 0. The molecule has 4 heteroatoms. The van der Waals surface area contributed by atoms with E-state index < -0.39 is 6.10 Å². The van der Waals surface area contributed by atoms with Gasteiger partial charge in [-0.3, -0.25) is 4.90 Å². The van der Waals surface area contributed by atoms with E-state index in [9.17, 15) is 5.11 Å². The first-order chi connectivity index (χ1) is 5.72. The minimum absolute atomic E-state index is 0.383. The van der Waals surface area contributed by atoms with Crippen LogP contribution in [0.2, 0.25) is 0 Å². The average molecular weight is 173 g/mol. The predicted molar refractivity (Wildman–Crippen MR) is 45.5 cm³/mol. The smallest absolute Gasteiger partial charge is 0.109 e. The van der Waals surface area contributed by atoms with Gasteiger partial charge in [0.05, 0.1) is 6.10 Å². The molecule has 1 aliphatic heterocycles. The molecule has 0 bridgehead atoms. The van der Waals surface area contributed by atoms with Crippen LogP contribution in [0.3, 0.4) is 0 Å². The molecule has 0 aromatic carbocycles. The van der Waals surface area contributed by atoms with Crippen molar-refractivity contribution in [3.05, 3.63) is 0 Å². The van der Waals surface area contributed by atoms with Crippen LogP contribution in [0.1, 0.15) is 0 Å². The molecule has 12 heavy (non-hydrogen) atoms. The van der Waals surface area contributed by atoms with Crippen LogP contribution in [0.4, 0.5) is 0 Å². The molecule has 0 saturated carbocycles. The van der Waals surface area contributed by atoms with Gasteiger partial charge in [0.15, 0.2) is 0 Å². The zero-order chi connectivity index (χ0) is 8.97. The Morgan fingerprint density at radius 1 is 1.33 bits per heavy atom. The minimum atomic E-state index is -0.687. The molecule has 0 amide bonds. The second-order valence-corrected chi connectivity index (χ2v) is 3.42. The summed E-state index contributed by atoms with van der Waals surface area (Å²) in [5, 5.41) is 19.4. The highest BCUT2D eigenvalue weighted by molar-refractivity contribution is 4.71. The maximum atomic E-state index is 10.3. The van der Waals surface area contributed by atoms with Gasteiger partial charge >= 0.3 is 0 Å². The molecular weight excluding hydrogens is 156 g/mol. The minimum Gasteiger partial charge on any atom is -0.389 e. The van der Waals surface area contributed by atoms with Gasteiger partial charge in [-0.2, -0.15) is 0 Å². The number of likely N-dealkylation sites (N-methyl/N-ethyl adjacent to an activating group) is 1. The highest BCUT2D eigenvalue weighted by atomic mass is 16.3. The Balaban J connectivity index is 2.17. The van der Waals surface area contributed by atoms with Gasteiger partial charge in [0.2, 0.25) is 0 Å². The molecule has 1 atom stereocenters. The maximum absolute atomic E-state index is 10.3. The van der Waals surface area contributed by atoms with Crippen LogP contribution in [0.15, 0.2) is 0 Å². The number of piperazine rings is 1. The molecule has 0 spiro atoms. The van der Waals surface area contributed by atoms with Crippen LogP contribution in [0.25, 0.3) is 0 Å².